The lowest BCUT2D eigenvalue weighted by Gasteiger charge is -2.36. The Kier molecular flexibility index (Phi) is 4.70. The van der Waals surface area contributed by atoms with Gasteiger partial charge in [-0.25, -0.2) is 4.98 Å². The third-order valence-corrected chi connectivity index (χ3v) is 6.22. The van der Waals surface area contributed by atoms with Crippen LogP contribution in [0.5, 0.6) is 0 Å². The van der Waals surface area contributed by atoms with E-state index in [4.69, 9.17) is 5.73 Å². The number of amides is 1. The summed E-state index contributed by atoms with van der Waals surface area (Å²) in [5.74, 6) is 0.690. The van der Waals surface area contributed by atoms with Crippen molar-refractivity contribution in [2.75, 3.05) is 24.5 Å². The number of piperidine rings is 1. The van der Waals surface area contributed by atoms with Gasteiger partial charge in [0.1, 0.15) is 5.69 Å². The zero-order valence-corrected chi connectivity index (χ0v) is 14.8. The van der Waals surface area contributed by atoms with Crippen LogP contribution in [0, 0.1) is 5.92 Å². The van der Waals surface area contributed by atoms with Crippen LogP contribution in [0.4, 0.5) is 5.13 Å². The van der Waals surface area contributed by atoms with Crippen LogP contribution in [0.2, 0.25) is 0 Å². The zero-order chi connectivity index (χ0) is 17.2. The maximum atomic E-state index is 11.2. The molecule has 3 heterocycles. The van der Waals surface area contributed by atoms with Crippen molar-refractivity contribution in [2.24, 2.45) is 11.7 Å². The van der Waals surface area contributed by atoms with Gasteiger partial charge in [-0.05, 0) is 24.3 Å². The van der Waals surface area contributed by atoms with Crippen LogP contribution in [0.15, 0.2) is 35.7 Å². The highest BCUT2D eigenvalue weighted by Crippen LogP contribution is 2.34. The highest BCUT2D eigenvalue weighted by Gasteiger charge is 2.36. The summed E-state index contributed by atoms with van der Waals surface area (Å²) in [6.45, 7) is 2.91. The molecule has 1 amide bonds. The summed E-state index contributed by atoms with van der Waals surface area (Å²) in [6.07, 6.45) is 2.24. The minimum absolute atomic E-state index is 0.368. The second kappa shape index (κ2) is 7.11. The third-order valence-electron chi connectivity index (χ3n) is 5.31. The summed E-state index contributed by atoms with van der Waals surface area (Å²) in [7, 11) is 0. The van der Waals surface area contributed by atoms with Gasteiger partial charge >= 0.3 is 0 Å². The van der Waals surface area contributed by atoms with E-state index in [1.807, 2.05) is 0 Å². The number of anilines is 1. The smallest absolute Gasteiger partial charge is 0.268 e. The predicted octanol–water partition coefficient (Wildman–Crippen LogP) is 1.72. The summed E-state index contributed by atoms with van der Waals surface area (Å²) in [5, 5.41) is 2.65. The monoisotopic (exact) mass is 357 g/mol. The van der Waals surface area contributed by atoms with E-state index in [0.717, 1.165) is 37.6 Å². The number of hydrogen-bond donors (Lipinski definition) is 3. The largest absolute Gasteiger partial charge is 0.364 e. The maximum absolute atomic E-state index is 11.2. The molecule has 132 valence electrons. The number of nitrogens with zero attached hydrogens (tertiary/aromatic N) is 2. The first-order chi connectivity index (χ1) is 12.2. The minimum Gasteiger partial charge on any atom is -0.364 e. The summed E-state index contributed by atoms with van der Waals surface area (Å²) in [5.41, 5.74) is 13.9. The molecule has 0 aliphatic carbocycles. The Bertz CT molecular complexity index is 726. The van der Waals surface area contributed by atoms with Crippen LogP contribution in [-0.4, -0.2) is 36.6 Å². The van der Waals surface area contributed by atoms with E-state index in [1.54, 1.807) is 5.38 Å². The molecule has 7 heteroatoms. The molecule has 1 aromatic carbocycles. The fourth-order valence-corrected chi connectivity index (χ4v) is 4.83. The molecule has 25 heavy (non-hydrogen) atoms. The van der Waals surface area contributed by atoms with Gasteiger partial charge in [-0.3, -0.25) is 15.6 Å². The zero-order valence-electron chi connectivity index (χ0n) is 14.0. The molecule has 2 atom stereocenters. The molecule has 0 radical (unpaired) electrons. The van der Waals surface area contributed by atoms with Gasteiger partial charge in [0, 0.05) is 37.0 Å². The van der Waals surface area contributed by atoms with Gasteiger partial charge in [0.15, 0.2) is 5.13 Å². The Morgan fingerprint density at radius 1 is 1.24 bits per heavy atom. The second-order valence-corrected chi connectivity index (χ2v) is 7.61. The molecule has 4 rings (SSSR count). The normalized spacial score (nSPS) is 24.6. The van der Waals surface area contributed by atoms with Gasteiger partial charge < -0.3 is 10.6 Å². The van der Waals surface area contributed by atoms with E-state index in [-0.39, 0.29) is 0 Å². The molecule has 6 nitrogen and oxygen atoms in total. The van der Waals surface area contributed by atoms with E-state index in [9.17, 15) is 4.79 Å². The van der Waals surface area contributed by atoms with Crippen LogP contribution >= 0.6 is 11.3 Å². The number of carbonyl (C=O) groups excluding carboxylic acids is 1. The molecule has 2 aromatic rings. The molecular weight excluding hydrogens is 334 g/mol. The molecule has 0 saturated carbocycles. The van der Waals surface area contributed by atoms with Crippen LogP contribution in [0.1, 0.15) is 34.8 Å². The standard InChI is InChI=1S/C18H23N5OS/c19-17(24)15-11-25-18(21-15)23-8-6-13(7-9-23)16-14(10-20-22-16)12-4-2-1-3-5-12/h1-5,11,13-14,16,20,22H,6-10H2,(H2,19,24). The van der Waals surface area contributed by atoms with Gasteiger partial charge in [-0.1, -0.05) is 30.3 Å². The Balaban J connectivity index is 1.40. The van der Waals surface area contributed by atoms with Gasteiger partial charge in [-0.2, -0.15) is 0 Å². The number of aromatic nitrogens is 1. The van der Waals surface area contributed by atoms with Crippen molar-refractivity contribution in [3.05, 3.63) is 47.0 Å². The maximum Gasteiger partial charge on any atom is 0.268 e. The fraction of sp³-hybridized carbons (Fsp3) is 0.444. The Morgan fingerprint density at radius 3 is 2.68 bits per heavy atom. The molecule has 4 N–H and O–H groups in total. The number of nitrogens with one attached hydrogen (secondary N) is 2. The van der Waals surface area contributed by atoms with E-state index < -0.39 is 5.91 Å². The Morgan fingerprint density at radius 2 is 2.00 bits per heavy atom. The minimum atomic E-state index is -0.454. The number of benzene rings is 1. The predicted molar refractivity (Wildman–Crippen MR) is 99.7 cm³/mol. The summed E-state index contributed by atoms with van der Waals surface area (Å²) in [4.78, 5) is 17.9. The van der Waals surface area contributed by atoms with E-state index in [0.29, 0.717) is 23.6 Å². The Hall–Kier alpha value is -1.96. The molecule has 2 unspecified atom stereocenters. The first-order valence-electron chi connectivity index (χ1n) is 8.76. The quantitative estimate of drug-likeness (QED) is 0.776. The van der Waals surface area contributed by atoms with Crippen LogP contribution in [0.25, 0.3) is 0 Å². The van der Waals surface area contributed by atoms with E-state index in [2.05, 4.69) is 51.1 Å². The number of carbonyl (C=O) groups is 1. The lowest BCUT2D eigenvalue weighted by Crippen LogP contribution is -2.44. The Labute approximate surface area is 151 Å². The van der Waals surface area contributed by atoms with Crippen LogP contribution in [0.3, 0.4) is 0 Å². The second-order valence-electron chi connectivity index (χ2n) is 6.77. The molecule has 2 saturated heterocycles. The summed E-state index contributed by atoms with van der Waals surface area (Å²) < 4.78 is 0. The van der Waals surface area contributed by atoms with E-state index >= 15 is 0 Å². The molecule has 2 fully saturated rings. The molecule has 0 spiro atoms. The fourth-order valence-electron chi connectivity index (χ4n) is 3.96. The molecule has 0 bridgehead atoms. The van der Waals surface area contributed by atoms with Crippen molar-refractivity contribution in [2.45, 2.75) is 24.8 Å². The molecule has 2 aliphatic heterocycles. The lowest BCUT2D eigenvalue weighted by atomic mass is 9.80. The number of hydrazine groups is 1. The molecular formula is C18H23N5OS. The summed E-state index contributed by atoms with van der Waals surface area (Å²) >= 11 is 1.50. The lowest BCUT2D eigenvalue weighted by molar-refractivity contribution is 0.0996. The number of hydrogen-bond acceptors (Lipinski definition) is 6. The highest BCUT2D eigenvalue weighted by molar-refractivity contribution is 7.13. The van der Waals surface area contributed by atoms with Crippen molar-refractivity contribution in [3.63, 3.8) is 0 Å². The van der Waals surface area contributed by atoms with Gasteiger partial charge in [0.2, 0.25) is 0 Å². The van der Waals surface area contributed by atoms with Crippen molar-refractivity contribution >= 4 is 22.4 Å². The van der Waals surface area contributed by atoms with Crippen molar-refractivity contribution < 1.29 is 4.79 Å². The number of thiazole rings is 1. The van der Waals surface area contributed by atoms with Gasteiger partial charge in [0.05, 0.1) is 0 Å². The van der Waals surface area contributed by atoms with Crippen molar-refractivity contribution in [1.82, 2.24) is 15.8 Å². The van der Waals surface area contributed by atoms with Gasteiger partial charge in [-0.15, -0.1) is 11.3 Å². The SMILES string of the molecule is NC(=O)c1csc(N2CCC(C3NNCC3c3ccccc3)CC2)n1. The first kappa shape index (κ1) is 16.5. The van der Waals surface area contributed by atoms with Gasteiger partial charge in [0.25, 0.3) is 5.91 Å². The van der Waals surface area contributed by atoms with Crippen LogP contribution in [-0.2, 0) is 0 Å². The van der Waals surface area contributed by atoms with E-state index in [1.165, 1.54) is 16.9 Å². The topological polar surface area (TPSA) is 83.3 Å². The number of rotatable bonds is 4. The van der Waals surface area contributed by atoms with Crippen LogP contribution < -0.4 is 21.5 Å². The van der Waals surface area contributed by atoms with Crippen molar-refractivity contribution in [3.8, 4) is 0 Å². The molecule has 2 aliphatic rings. The molecule has 1 aromatic heterocycles. The third kappa shape index (κ3) is 3.40. The number of nitrogens with two attached hydrogens (primary N) is 1. The average Bonchev–Trinajstić information content (AvgIpc) is 3.32. The summed E-state index contributed by atoms with van der Waals surface area (Å²) in [6, 6.07) is 11.2. The average molecular weight is 357 g/mol. The number of primary amides is 1. The first-order valence-corrected chi connectivity index (χ1v) is 9.64. The van der Waals surface area contributed by atoms with Crippen molar-refractivity contribution in [1.29, 1.82) is 0 Å². The highest BCUT2D eigenvalue weighted by atomic mass is 32.1.